The highest BCUT2D eigenvalue weighted by Gasteiger charge is 2.51. The number of amides is 1. The lowest BCUT2D eigenvalue weighted by Crippen LogP contribution is -2.43. The van der Waals surface area contributed by atoms with Gasteiger partial charge in [-0.25, -0.2) is 9.67 Å². The molecular weight excluding hydrogens is 546 g/mol. The monoisotopic (exact) mass is 583 g/mol. The van der Waals surface area contributed by atoms with Gasteiger partial charge in [-0.2, -0.15) is 10.1 Å². The summed E-state index contributed by atoms with van der Waals surface area (Å²) < 4.78 is 1.66. The van der Waals surface area contributed by atoms with Crippen molar-refractivity contribution in [2.24, 2.45) is 7.05 Å². The molecule has 12 heteroatoms. The van der Waals surface area contributed by atoms with Gasteiger partial charge in [-0.15, -0.1) is 0 Å². The van der Waals surface area contributed by atoms with E-state index in [0.717, 1.165) is 24.3 Å². The van der Waals surface area contributed by atoms with Crippen LogP contribution in [-0.2, 0) is 17.3 Å². The molecule has 1 aliphatic heterocycles. The molecule has 0 unspecified atom stereocenters. The standard InChI is InChI=1S/C31H37N9O3/c1-19-24(15-20(17-33-19)27(41)32-12-14-40-13-6-9-30(40,2)3)36-25-23-18-34-29(37-26(23)39(4)38-25)35-22-8-5-7-21(16-22)31(10-11-31)28(42)43/h5,7-8,15-18H,6,9-14H2,1-4H3,(H,32,41)(H,36,38)(H,42,43)(H,34,35,37). The highest BCUT2D eigenvalue weighted by Crippen LogP contribution is 2.49. The van der Waals surface area contributed by atoms with Gasteiger partial charge in [0.1, 0.15) is 0 Å². The first kappa shape index (κ1) is 28.5. The van der Waals surface area contributed by atoms with Crippen LogP contribution in [0.4, 0.5) is 23.1 Å². The van der Waals surface area contributed by atoms with Crippen molar-refractivity contribution in [2.45, 2.75) is 57.4 Å². The quantitative estimate of drug-likeness (QED) is 0.213. The first-order valence-corrected chi connectivity index (χ1v) is 14.6. The van der Waals surface area contributed by atoms with Gasteiger partial charge in [0.05, 0.1) is 27.7 Å². The number of anilines is 4. The SMILES string of the molecule is Cc1ncc(C(=O)NCCN2CCCC2(C)C)cc1Nc1nn(C)c2nc(Nc3cccc(C4(C(=O)O)CC4)c3)ncc12. The Morgan fingerprint density at radius 3 is 2.60 bits per heavy atom. The summed E-state index contributed by atoms with van der Waals surface area (Å²) >= 11 is 0. The fourth-order valence-corrected chi connectivity index (χ4v) is 5.86. The minimum absolute atomic E-state index is 0.169. The van der Waals surface area contributed by atoms with Gasteiger partial charge in [0.2, 0.25) is 5.95 Å². The summed E-state index contributed by atoms with van der Waals surface area (Å²) in [5, 5.41) is 24.5. The van der Waals surface area contributed by atoms with E-state index in [4.69, 9.17) is 0 Å². The molecule has 4 aromatic rings. The number of hydrogen-bond donors (Lipinski definition) is 4. The van der Waals surface area contributed by atoms with Gasteiger partial charge in [-0.1, -0.05) is 12.1 Å². The van der Waals surface area contributed by atoms with Crippen molar-refractivity contribution in [3.8, 4) is 0 Å². The minimum Gasteiger partial charge on any atom is -0.481 e. The number of aromatic nitrogens is 5. The topological polar surface area (TPSA) is 150 Å². The molecule has 0 bridgehead atoms. The van der Waals surface area contributed by atoms with Gasteiger partial charge in [-0.3, -0.25) is 19.5 Å². The molecule has 1 saturated carbocycles. The molecule has 0 atom stereocenters. The number of pyridine rings is 1. The number of carboxylic acids is 1. The van der Waals surface area contributed by atoms with Crippen molar-refractivity contribution in [3.63, 3.8) is 0 Å². The van der Waals surface area contributed by atoms with Crippen LogP contribution in [0.15, 0.2) is 42.7 Å². The van der Waals surface area contributed by atoms with Crippen molar-refractivity contribution in [3.05, 3.63) is 59.5 Å². The number of carbonyl (C=O) groups is 2. The molecule has 2 fully saturated rings. The fraction of sp³-hybridized carbons (Fsp3) is 0.419. The zero-order valence-corrected chi connectivity index (χ0v) is 24.9. The van der Waals surface area contributed by atoms with Crippen LogP contribution < -0.4 is 16.0 Å². The van der Waals surface area contributed by atoms with Crippen LogP contribution in [0, 0.1) is 6.92 Å². The molecular formula is C31H37N9O3. The average Bonchev–Trinajstić information content (AvgIpc) is 3.65. The average molecular weight is 584 g/mol. The molecule has 3 aromatic heterocycles. The Morgan fingerprint density at radius 1 is 1.07 bits per heavy atom. The first-order valence-electron chi connectivity index (χ1n) is 14.6. The Morgan fingerprint density at radius 2 is 1.88 bits per heavy atom. The van der Waals surface area contributed by atoms with E-state index < -0.39 is 11.4 Å². The van der Waals surface area contributed by atoms with E-state index >= 15 is 0 Å². The van der Waals surface area contributed by atoms with Crippen LogP contribution in [0.1, 0.15) is 61.1 Å². The first-order chi connectivity index (χ1) is 20.6. The molecule has 1 amide bonds. The Kier molecular flexibility index (Phi) is 7.25. The summed E-state index contributed by atoms with van der Waals surface area (Å²) in [6.45, 7) is 8.81. The third-order valence-corrected chi connectivity index (χ3v) is 8.75. The number of benzene rings is 1. The maximum atomic E-state index is 12.9. The number of aryl methyl sites for hydroxylation is 2. The molecule has 43 heavy (non-hydrogen) atoms. The Balaban J connectivity index is 1.15. The molecule has 1 saturated heterocycles. The smallest absolute Gasteiger partial charge is 0.314 e. The van der Waals surface area contributed by atoms with E-state index in [1.165, 1.54) is 12.8 Å². The molecule has 224 valence electrons. The Bertz CT molecular complexity index is 1710. The molecule has 4 N–H and O–H groups in total. The molecule has 4 heterocycles. The van der Waals surface area contributed by atoms with Gasteiger partial charge >= 0.3 is 5.97 Å². The van der Waals surface area contributed by atoms with Crippen LogP contribution in [0.2, 0.25) is 0 Å². The molecule has 1 aliphatic carbocycles. The highest BCUT2D eigenvalue weighted by molar-refractivity contribution is 5.96. The summed E-state index contributed by atoms with van der Waals surface area (Å²) in [6.07, 6.45) is 6.90. The van der Waals surface area contributed by atoms with Crippen LogP contribution in [0.5, 0.6) is 0 Å². The van der Waals surface area contributed by atoms with Crippen LogP contribution in [0.3, 0.4) is 0 Å². The van der Waals surface area contributed by atoms with E-state index in [0.29, 0.717) is 59.1 Å². The van der Waals surface area contributed by atoms with Gasteiger partial charge < -0.3 is 21.1 Å². The van der Waals surface area contributed by atoms with E-state index in [-0.39, 0.29) is 11.4 Å². The van der Waals surface area contributed by atoms with Gasteiger partial charge in [0, 0.05) is 43.8 Å². The van der Waals surface area contributed by atoms with Crippen LogP contribution in [-0.4, -0.2) is 71.8 Å². The number of rotatable bonds is 10. The number of hydrogen-bond acceptors (Lipinski definition) is 9. The van der Waals surface area contributed by atoms with Crippen molar-refractivity contribution >= 4 is 46.1 Å². The van der Waals surface area contributed by atoms with Gasteiger partial charge in [0.25, 0.3) is 5.91 Å². The zero-order valence-electron chi connectivity index (χ0n) is 24.9. The number of aliphatic carboxylic acids is 1. The van der Waals surface area contributed by atoms with Crippen molar-refractivity contribution in [1.82, 2.24) is 34.9 Å². The number of nitrogens with zero attached hydrogens (tertiary/aromatic N) is 6. The molecule has 6 rings (SSSR count). The second kappa shape index (κ2) is 10.9. The second-order valence-corrected chi connectivity index (χ2v) is 12.1. The Labute approximate surface area is 249 Å². The van der Waals surface area contributed by atoms with E-state index in [9.17, 15) is 14.7 Å². The summed E-state index contributed by atoms with van der Waals surface area (Å²) in [5.74, 6) is -0.0527. The maximum Gasteiger partial charge on any atom is 0.314 e. The molecule has 0 radical (unpaired) electrons. The number of likely N-dealkylation sites (tertiary alicyclic amines) is 1. The molecule has 2 aliphatic rings. The lowest BCUT2D eigenvalue weighted by Gasteiger charge is -2.31. The van der Waals surface area contributed by atoms with E-state index in [2.05, 4.69) is 54.7 Å². The largest absolute Gasteiger partial charge is 0.481 e. The third kappa shape index (κ3) is 5.62. The summed E-state index contributed by atoms with van der Waals surface area (Å²) in [5.41, 5.74) is 3.33. The van der Waals surface area contributed by atoms with Gasteiger partial charge in [0.15, 0.2) is 11.5 Å². The number of carbonyl (C=O) groups excluding carboxylic acids is 1. The number of fused-ring (bicyclic) bond motifs is 1. The molecule has 12 nitrogen and oxygen atoms in total. The Hall–Kier alpha value is -4.58. The predicted molar refractivity (Wildman–Crippen MR) is 164 cm³/mol. The molecule has 0 spiro atoms. The summed E-state index contributed by atoms with van der Waals surface area (Å²) in [6, 6.07) is 9.17. The normalized spacial score (nSPS) is 17.1. The maximum absolute atomic E-state index is 12.9. The zero-order chi connectivity index (χ0) is 30.4. The van der Waals surface area contributed by atoms with Crippen LogP contribution >= 0.6 is 0 Å². The number of nitrogens with one attached hydrogen (secondary N) is 3. The predicted octanol–water partition coefficient (Wildman–Crippen LogP) is 4.27. The third-order valence-electron chi connectivity index (χ3n) is 8.75. The second-order valence-electron chi connectivity index (χ2n) is 12.1. The van der Waals surface area contributed by atoms with Crippen molar-refractivity contribution < 1.29 is 14.7 Å². The lowest BCUT2D eigenvalue weighted by molar-refractivity contribution is -0.140. The van der Waals surface area contributed by atoms with Gasteiger partial charge in [-0.05, 0) is 76.8 Å². The van der Waals surface area contributed by atoms with E-state index in [1.807, 2.05) is 31.2 Å². The minimum atomic E-state index is -0.796. The fourth-order valence-electron chi connectivity index (χ4n) is 5.86. The van der Waals surface area contributed by atoms with E-state index in [1.54, 1.807) is 30.2 Å². The van der Waals surface area contributed by atoms with Crippen LogP contribution in [0.25, 0.3) is 11.0 Å². The highest BCUT2D eigenvalue weighted by atomic mass is 16.4. The summed E-state index contributed by atoms with van der Waals surface area (Å²) in [4.78, 5) is 40.7. The van der Waals surface area contributed by atoms with Crippen molar-refractivity contribution in [2.75, 3.05) is 30.3 Å². The molecule has 1 aromatic carbocycles. The summed E-state index contributed by atoms with van der Waals surface area (Å²) in [7, 11) is 1.80. The number of carboxylic acid groups (broad SMARTS) is 1. The van der Waals surface area contributed by atoms with Crippen molar-refractivity contribution in [1.29, 1.82) is 0 Å². The lowest BCUT2D eigenvalue weighted by atomic mass is 9.96.